The van der Waals surface area contributed by atoms with Crippen LogP contribution in [0.4, 0.5) is 5.69 Å². The number of phenols is 1. The summed E-state index contributed by atoms with van der Waals surface area (Å²) in [4.78, 5) is 9.92. The molecular weight excluding hydrogens is 588 g/mol. The first-order valence-electron chi connectivity index (χ1n) is 16.5. The van der Waals surface area contributed by atoms with Crippen LogP contribution in [0.25, 0.3) is 55.6 Å². The first-order chi connectivity index (χ1) is 23.0. The van der Waals surface area contributed by atoms with Gasteiger partial charge in [0.15, 0.2) is 5.58 Å². The van der Waals surface area contributed by atoms with Crippen molar-refractivity contribution in [3.8, 4) is 39.5 Å². The quantitative estimate of drug-likeness (QED) is 0.193. The molecule has 1 aromatic heterocycles. The van der Waals surface area contributed by atoms with Crippen molar-refractivity contribution in [1.82, 2.24) is 4.98 Å². The molecule has 0 spiro atoms. The summed E-state index contributed by atoms with van der Waals surface area (Å²) in [7, 11) is 0. The van der Waals surface area contributed by atoms with Gasteiger partial charge in [0.25, 0.3) is 0 Å². The van der Waals surface area contributed by atoms with Gasteiger partial charge in [0.2, 0.25) is 5.89 Å². The highest BCUT2D eigenvalue weighted by Gasteiger charge is 2.25. The monoisotopic (exact) mass is 628 g/mol. The van der Waals surface area contributed by atoms with Crippen LogP contribution in [0, 0.1) is 0 Å². The van der Waals surface area contributed by atoms with Gasteiger partial charge < -0.3 is 9.52 Å². The Morgan fingerprint density at radius 2 is 1.29 bits per heavy atom. The lowest BCUT2D eigenvalue weighted by molar-refractivity contribution is 0.444. The third-order valence-corrected chi connectivity index (χ3v) is 8.97. The van der Waals surface area contributed by atoms with Gasteiger partial charge in [-0.15, -0.1) is 0 Å². The summed E-state index contributed by atoms with van der Waals surface area (Å²) in [5.41, 5.74) is 9.94. The van der Waals surface area contributed by atoms with Gasteiger partial charge in [-0.1, -0.05) is 126 Å². The predicted octanol–water partition coefficient (Wildman–Crippen LogP) is 12.0. The van der Waals surface area contributed by atoms with E-state index in [1.807, 2.05) is 48.5 Å². The van der Waals surface area contributed by atoms with Gasteiger partial charge in [-0.2, -0.15) is 0 Å². The van der Waals surface area contributed by atoms with Gasteiger partial charge in [-0.25, -0.2) is 4.98 Å². The van der Waals surface area contributed by atoms with Crippen molar-refractivity contribution in [2.45, 2.75) is 52.4 Å². The van der Waals surface area contributed by atoms with Crippen molar-refractivity contribution >= 4 is 33.8 Å². The summed E-state index contributed by atoms with van der Waals surface area (Å²) in [5, 5.41) is 13.7. The molecule has 6 aromatic carbocycles. The largest absolute Gasteiger partial charge is 0.507 e. The molecule has 0 unspecified atom stereocenters. The summed E-state index contributed by atoms with van der Waals surface area (Å²) >= 11 is 0. The number of hydrogen-bond acceptors (Lipinski definition) is 4. The number of aromatic nitrogens is 1. The second kappa shape index (κ2) is 12.0. The number of nitrogens with zero attached hydrogens (tertiary/aromatic N) is 2. The highest BCUT2D eigenvalue weighted by molar-refractivity contribution is 5.97. The minimum Gasteiger partial charge on any atom is -0.507 e. The minimum absolute atomic E-state index is 0.0831. The average molecular weight is 629 g/mol. The molecule has 0 aliphatic rings. The molecule has 4 heteroatoms. The molecule has 0 amide bonds. The molecule has 1 N–H and O–H groups in total. The van der Waals surface area contributed by atoms with Gasteiger partial charge in [-0.3, -0.25) is 4.99 Å². The fourth-order valence-electron chi connectivity index (χ4n) is 6.19. The maximum atomic E-state index is 11.3. The van der Waals surface area contributed by atoms with Crippen LogP contribution in [0.5, 0.6) is 5.75 Å². The SMILES string of the molecule is CC(C)(C)c1cc(C=Nc2ccccc2-c2nc3c(-c4ccc5cc(-c6ccccc6)ccc5c4)cccc3o2)c(O)c(C(C)(C)C)c1. The first kappa shape index (κ1) is 31.1. The smallest absolute Gasteiger partial charge is 0.229 e. The predicted molar refractivity (Wildman–Crippen MR) is 201 cm³/mol. The van der Waals surface area contributed by atoms with E-state index in [2.05, 4.69) is 114 Å². The second-order valence-electron chi connectivity index (χ2n) is 14.6. The molecule has 48 heavy (non-hydrogen) atoms. The summed E-state index contributed by atoms with van der Waals surface area (Å²) in [5.74, 6) is 0.761. The van der Waals surface area contributed by atoms with Crippen LogP contribution >= 0.6 is 0 Å². The fraction of sp³-hybridized carbons (Fsp3) is 0.182. The minimum atomic E-state index is -0.224. The van der Waals surface area contributed by atoms with E-state index in [0.717, 1.165) is 33.3 Å². The number of fused-ring (bicyclic) bond motifs is 2. The zero-order valence-corrected chi connectivity index (χ0v) is 28.4. The van der Waals surface area contributed by atoms with Gasteiger partial charge in [-0.05, 0) is 80.3 Å². The molecule has 0 radical (unpaired) electrons. The van der Waals surface area contributed by atoms with Crippen LogP contribution in [0.1, 0.15) is 58.2 Å². The average Bonchev–Trinajstić information content (AvgIpc) is 3.51. The van der Waals surface area contributed by atoms with E-state index in [0.29, 0.717) is 22.7 Å². The second-order valence-corrected chi connectivity index (χ2v) is 14.6. The number of rotatable bonds is 5. The molecule has 0 bridgehead atoms. The van der Waals surface area contributed by atoms with Crippen molar-refractivity contribution in [3.05, 3.63) is 138 Å². The summed E-state index contributed by atoms with van der Waals surface area (Å²) < 4.78 is 6.38. The van der Waals surface area contributed by atoms with Crippen molar-refractivity contribution in [3.63, 3.8) is 0 Å². The first-order valence-corrected chi connectivity index (χ1v) is 16.5. The van der Waals surface area contributed by atoms with Crippen LogP contribution < -0.4 is 0 Å². The number of oxazole rings is 1. The molecule has 7 aromatic rings. The summed E-state index contributed by atoms with van der Waals surface area (Å²) in [6.45, 7) is 12.9. The van der Waals surface area contributed by atoms with E-state index in [1.165, 1.54) is 21.9 Å². The summed E-state index contributed by atoms with van der Waals surface area (Å²) in [6, 6.07) is 41.7. The number of hydrogen-bond donors (Lipinski definition) is 1. The number of para-hydroxylation sites is 2. The Morgan fingerprint density at radius 1 is 0.625 bits per heavy atom. The van der Waals surface area contributed by atoms with Gasteiger partial charge in [0.05, 0.1) is 11.3 Å². The Bertz CT molecular complexity index is 2320. The molecule has 0 saturated heterocycles. The standard InChI is InChI=1S/C44H40N2O2/c1-43(2,3)34-25-33(41(47)37(26-34)44(4,5)6)27-45-38-17-11-10-15-36(38)42-46-40-35(16-12-18-39(40)48-42)32-22-21-30-23-29(19-20-31(30)24-32)28-13-8-7-9-14-28/h7-27,47H,1-6H3. The third-order valence-electron chi connectivity index (χ3n) is 8.97. The van der Waals surface area contributed by atoms with Crippen LogP contribution in [0.2, 0.25) is 0 Å². The van der Waals surface area contributed by atoms with E-state index >= 15 is 0 Å². The van der Waals surface area contributed by atoms with Crippen molar-refractivity contribution < 1.29 is 9.52 Å². The molecule has 0 fully saturated rings. The third kappa shape index (κ3) is 6.02. The zero-order valence-electron chi connectivity index (χ0n) is 28.4. The van der Waals surface area contributed by atoms with E-state index in [9.17, 15) is 5.11 Å². The Kier molecular flexibility index (Phi) is 7.75. The Morgan fingerprint density at radius 3 is 2.02 bits per heavy atom. The van der Waals surface area contributed by atoms with E-state index < -0.39 is 0 Å². The molecule has 0 aliphatic heterocycles. The number of phenolic OH excluding ortho intramolecular Hbond substituents is 1. The molecule has 7 rings (SSSR count). The van der Waals surface area contributed by atoms with Crippen LogP contribution in [-0.2, 0) is 10.8 Å². The fourth-order valence-corrected chi connectivity index (χ4v) is 6.19. The maximum absolute atomic E-state index is 11.3. The zero-order chi connectivity index (χ0) is 33.6. The maximum Gasteiger partial charge on any atom is 0.229 e. The van der Waals surface area contributed by atoms with Crippen LogP contribution in [0.15, 0.2) is 131 Å². The van der Waals surface area contributed by atoms with E-state index in [1.54, 1.807) is 6.21 Å². The molecule has 1 heterocycles. The Balaban J connectivity index is 1.26. The lowest BCUT2D eigenvalue weighted by atomic mass is 9.79. The molecule has 4 nitrogen and oxygen atoms in total. The lowest BCUT2D eigenvalue weighted by Crippen LogP contribution is -2.17. The highest BCUT2D eigenvalue weighted by atomic mass is 16.3. The van der Waals surface area contributed by atoms with Crippen LogP contribution in [-0.4, -0.2) is 16.3 Å². The molecule has 0 aliphatic carbocycles. The number of benzene rings is 6. The molecule has 238 valence electrons. The van der Waals surface area contributed by atoms with E-state index in [-0.39, 0.29) is 16.6 Å². The van der Waals surface area contributed by atoms with Gasteiger partial charge in [0, 0.05) is 22.9 Å². The highest BCUT2D eigenvalue weighted by Crippen LogP contribution is 2.39. The molecule has 0 saturated carbocycles. The number of aliphatic imine (C=N–C) groups is 1. The Labute approximate surface area is 282 Å². The lowest BCUT2D eigenvalue weighted by Gasteiger charge is -2.27. The van der Waals surface area contributed by atoms with Gasteiger partial charge in [0.1, 0.15) is 11.3 Å². The van der Waals surface area contributed by atoms with Gasteiger partial charge >= 0.3 is 0 Å². The van der Waals surface area contributed by atoms with Crippen molar-refractivity contribution in [2.75, 3.05) is 0 Å². The van der Waals surface area contributed by atoms with Crippen LogP contribution in [0.3, 0.4) is 0 Å². The topological polar surface area (TPSA) is 58.6 Å². The normalized spacial score (nSPS) is 12.4. The number of aromatic hydroxyl groups is 1. The van der Waals surface area contributed by atoms with Crippen molar-refractivity contribution in [1.29, 1.82) is 0 Å². The summed E-state index contributed by atoms with van der Waals surface area (Å²) in [6.07, 6.45) is 1.75. The van der Waals surface area contributed by atoms with E-state index in [4.69, 9.17) is 14.4 Å². The molecule has 0 atom stereocenters. The Hall–Kier alpha value is -5.48. The molecular formula is C44H40N2O2. The van der Waals surface area contributed by atoms with Crippen molar-refractivity contribution in [2.24, 2.45) is 4.99 Å².